The lowest BCUT2D eigenvalue weighted by Gasteiger charge is -2.31. The van der Waals surface area contributed by atoms with Gasteiger partial charge >= 0.3 is 11.9 Å². The van der Waals surface area contributed by atoms with Crippen molar-refractivity contribution in [1.29, 1.82) is 0 Å². The molecule has 0 unspecified atom stereocenters. The van der Waals surface area contributed by atoms with Crippen LogP contribution < -0.4 is 0 Å². The molecule has 0 rings (SSSR count). The zero-order valence-corrected chi connectivity index (χ0v) is 37.5. The lowest BCUT2D eigenvalue weighted by molar-refractivity contribution is -0.158. The summed E-state index contributed by atoms with van der Waals surface area (Å²) in [5, 5.41) is 8.82. The van der Waals surface area contributed by atoms with Crippen molar-refractivity contribution in [2.75, 3.05) is 59.5 Å². The number of carbonyl (C=O) groups excluding carboxylic acids is 2. The Morgan fingerprint density at radius 1 is 0.375 bits per heavy atom. The molecule has 0 fully saturated rings. The third-order valence-corrected chi connectivity index (χ3v) is 11.2. The van der Waals surface area contributed by atoms with Crippen molar-refractivity contribution in [1.82, 2.24) is 0 Å². The van der Waals surface area contributed by atoms with Crippen LogP contribution in [0.1, 0.15) is 233 Å². The van der Waals surface area contributed by atoms with Crippen LogP contribution in [0.3, 0.4) is 0 Å². The van der Waals surface area contributed by atoms with Gasteiger partial charge in [0, 0.05) is 12.8 Å². The SMILES string of the molecule is CCCCCCCCCCCCCCCCCC(=O)OCC(CC)(COCCOCCOCCO)COC(=O)CCCCCCCCCCCCCCCCC. The standard InChI is InChI=1S/C48H94O8/c1-4-7-9-11-13-15-17-19-21-23-25-27-29-31-33-35-46(50)55-44-48(6-3,43-54-42-41-53-40-39-52-38-37-49)45-56-47(51)36-34-32-30-28-26-24-22-20-18-16-14-12-10-8-5-2/h49H,4-45H2,1-3H3. The van der Waals surface area contributed by atoms with Gasteiger partial charge in [-0.05, 0) is 19.3 Å². The summed E-state index contributed by atoms with van der Waals surface area (Å²) in [6.45, 7) is 9.16. The Morgan fingerprint density at radius 3 is 0.964 bits per heavy atom. The summed E-state index contributed by atoms with van der Waals surface area (Å²) in [7, 11) is 0. The molecular formula is C48H94O8. The van der Waals surface area contributed by atoms with E-state index in [1.54, 1.807) is 0 Å². The molecule has 8 nitrogen and oxygen atoms in total. The molecule has 0 spiro atoms. The highest BCUT2D eigenvalue weighted by molar-refractivity contribution is 5.69. The number of unbranched alkanes of at least 4 members (excludes halogenated alkanes) is 28. The molecule has 0 bridgehead atoms. The van der Waals surface area contributed by atoms with Crippen LogP contribution >= 0.6 is 0 Å². The quantitative estimate of drug-likeness (QED) is 0.0480. The average Bonchev–Trinajstić information content (AvgIpc) is 3.21. The molecule has 0 aliphatic heterocycles. The number of aliphatic hydroxyl groups excluding tert-OH is 1. The first-order chi connectivity index (χ1) is 27.5. The Hall–Kier alpha value is -1.22. The van der Waals surface area contributed by atoms with Gasteiger partial charge in [-0.25, -0.2) is 0 Å². The highest BCUT2D eigenvalue weighted by Crippen LogP contribution is 2.25. The second-order valence-corrected chi connectivity index (χ2v) is 16.6. The van der Waals surface area contributed by atoms with Gasteiger partial charge in [0.15, 0.2) is 0 Å². The number of rotatable bonds is 47. The van der Waals surface area contributed by atoms with E-state index in [1.807, 2.05) is 6.92 Å². The fourth-order valence-corrected chi connectivity index (χ4v) is 7.12. The van der Waals surface area contributed by atoms with Crippen LogP contribution in [0.4, 0.5) is 0 Å². The summed E-state index contributed by atoms with van der Waals surface area (Å²) < 4.78 is 28.3. The summed E-state index contributed by atoms with van der Waals surface area (Å²) in [5.41, 5.74) is -0.598. The van der Waals surface area contributed by atoms with Crippen molar-refractivity contribution >= 4 is 11.9 Å². The molecule has 0 aliphatic carbocycles. The van der Waals surface area contributed by atoms with Gasteiger partial charge in [0.25, 0.3) is 0 Å². The maximum Gasteiger partial charge on any atom is 0.305 e. The highest BCUT2D eigenvalue weighted by atomic mass is 16.6. The van der Waals surface area contributed by atoms with E-state index < -0.39 is 5.41 Å². The van der Waals surface area contributed by atoms with E-state index in [-0.39, 0.29) is 31.8 Å². The molecule has 0 aromatic carbocycles. The van der Waals surface area contributed by atoms with E-state index in [1.165, 1.54) is 167 Å². The largest absolute Gasteiger partial charge is 0.465 e. The monoisotopic (exact) mass is 799 g/mol. The average molecular weight is 799 g/mol. The molecule has 56 heavy (non-hydrogen) atoms. The van der Waals surface area contributed by atoms with Crippen molar-refractivity contribution in [3.05, 3.63) is 0 Å². The van der Waals surface area contributed by atoms with Crippen molar-refractivity contribution < 1.29 is 38.4 Å². The van der Waals surface area contributed by atoms with Gasteiger partial charge < -0.3 is 28.8 Å². The first kappa shape index (κ1) is 54.8. The third-order valence-electron chi connectivity index (χ3n) is 11.2. The van der Waals surface area contributed by atoms with E-state index in [0.29, 0.717) is 58.9 Å². The van der Waals surface area contributed by atoms with Gasteiger partial charge in [-0.1, -0.05) is 201 Å². The van der Waals surface area contributed by atoms with Crippen LogP contribution in [0, 0.1) is 5.41 Å². The Labute approximate surface area is 347 Å². The molecule has 0 aromatic rings. The Kier molecular flexibility index (Phi) is 43.9. The van der Waals surface area contributed by atoms with Crippen LogP contribution in [-0.4, -0.2) is 76.5 Å². The Balaban J connectivity index is 4.32. The fraction of sp³-hybridized carbons (Fsp3) is 0.958. The van der Waals surface area contributed by atoms with Crippen LogP contribution in [-0.2, 0) is 33.3 Å². The van der Waals surface area contributed by atoms with Gasteiger partial charge in [-0.2, -0.15) is 0 Å². The van der Waals surface area contributed by atoms with Gasteiger partial charge in [-0.15, -0.1) is 0 Å². The molecule has 0 saturated carbocycles. The lowest BCUT2D eigenvalue weighted by atomic mass is 9.88. The highest BCUT2D eigenvalue weighted by Gasteiger charge is 2.33. The van der Waals surface area contributed by atoms with Crippen LogP contribution in [0.15, 0.2) is 0 Å². The predicted octanol–water partition coefficient (Wildman–Crippen LogP) is 13.0. The summed E-state index contributed by atoms with van der Waals surface area (Å²) in [5.74, 6) is -0.374. The zero-order chi connectivity index (χ0) is 40.9. The minimum atomic E-state index is -0.598. The van der Waals surface area contributed by atoms with Gasteiger partial charge in [0.1, 0.15) is 13.2 Å². The van der Waals surface area contributed by atoms with Crippen LogP contribution in [0.5, 0.6) is 0 Å². The Bertz CT molecular complexity index is 756. The first-order valence-corrected chi connectivity index (χ1v) is 24.2. The number of hydrogen-bond donors (Lipinski definition) is 1. The molecule has 0 aromatic heterocycles. The second kappa shape index (κ2) is 44.9. The van der Waals surface area contributed by atoms with Crippen molar-refractivity contribution in [3.63, 3.8) is 0 Å². The second-order valence-electron chi connectivity index (χ2n) is 16.6. The topological polar surface area (TPSA) is 101 Å². The van der Waals surface area contributed by atoms with Gasteiger partial charge in [-0.3, -0.25) is 9.59 Å². The van der Waals surface area contributed by atoms with Crippen molar-refractivity contribution in [2.24, 2.45) is 5.41 Å². The first-order valence-electron chi connectivity index (χ1n) is 24.2. The summed E-state index contributed by atoms with van der Waals surface area (Å²) >= 11 is 0. The fourth-order valence-electron chi connectivity index (χ4n) is 7.12. The zero-order valence-electron chi connectivity index (χ0n) is 37.5. The van der Waals surface area contributed by atoms with Crippen molar-refractivity contribution in [2.45, 2.75) is 233 Å². The van der Waals surface area contributed by atoms with Crippen LogP contribution in [0.2, 0.25) is 0 Å². The predicted molar refractivity (Wildman–Crippen MR) is 233 cm³/mol. The Morgan fingerprint density at radius 2 is 0.661 bits per heavy atom. The number of aliphatic hydroxyl groups is 1. The van der Waals surface area contributed by atoms with Crippen molar-refractivity contribution in [3.8, 4) is 0 Å². The molecule has 8 heteroatoms. The molecular weight excluding hydrogens is 705 g/mol. The van der Waals surface area contributed by atoms with E-state index in [0.717, 1.165) is 25.7 Å². The molecule has 0 atom stereocenters. The number of esters is 2. The minimum Gasteiger partial charge on any atom is -0.465 e. The normalized spacial score (nSPS) is 11.7. The maximum absolute atomic E-state index is 12.8. The van der Waals surface area contributed by atoms with E-state index in [4.69, 9.17) is 28.8 Å². The molecule has 0 amide bonds. The number of carbonyl (C=O) groups is 2. The van der Waals surface area contributed by atoms with E-state index >= 15 is 0 Å². The minimum absolute atomic E-state index is 0.00366. The molecule has 1 N–H and O–H groups in total. The number of hydrogen-bond acceptors (Lipinski definition) is 8. The smallest absolute Gasteiger partial charge is 0.305 e. The van der Waals surface area contributed by atoms with Crippen LogP contribution in [0.25, 0.3) is 0 Å². The van der Waals surface area contributed by atoms with Gasteiger partial charge in [0.2, 0.25) is 0 Å². The third kappa shape index (κ3) is 39.6. The summed E-state index contributed by atoms with van der Waals surface area (Å²) in [6, 6.07) is 0. The summed E-state index contributed by atoms with van der Waals surface area (Å²) in [6.07, 6.45) is 40.2. The molecule has 0 heterocycles. The summed E-state index contributed by atoms with van der Waals surface area (Å²) in [4.78, 5) is 25.5. The van der Waals surface area contributed by atoms with Gasteiger partial charge in [0.05, 0.1) is 51.7 Å². The molecule has 0 aliphatic rings. The number of ether oxygens (including phenoxy) is 5. The molecule has 334 valence electrons. The molecule has 0 radical (unpaired) electrons. The lowest BCUT2D eigenvalue weighted by Crippen LogP contribution is -2.38. The molecule has 0 saturated heterocycles. The maximum atomic E-state index is 12.8. The van der Waals surface area contributed by atoms with E-state index in [9.17, 15) is 9.59 Å². The van der Waals surface area contributed by atoms with E-state index in [2.05, 4.69) is 13.8 Å².